The van der Waals surface area contributed by atoms with Gasteiger partial charge in [0.25, 0.3) is 0 Å². The second-order valence-electron chi connectivity index (χ2n) is 7.20. The van der Waals surface area contributed by atoms with Crippen LogP contribution in [0.15, 0.2) is 84.1 Å². The van der Waals surface area contributed by atoms with Gasteiger partial charge in [-0.1, -0.05) is 18.2 Å². The molecule has 2 N–H and O–H groups in total. The van der Waals surface area contributed by atoms with E-state index in [1.54, 1.807) is 19.1 Å². The molecule has 2 aromatic carbocycles. The van der Waals surface area contributed by atoms with Gasteiger partial charge in [-0.2, -0.15) is 5.10 Å². The Morgan fingerprint density at radius 3 is 2.33 bits per heavy atom. The maximum atomic E-state index is 14.9. The van der Waals surface area contributed by atoms with Crippen molar-refractivity contribution >= 4 is 17.1 Å². The van der Waals surface area contributed by atoms with Crippen molar-refractivity contribution in [2.45, 2.75) is 6.92 Å². The molecule has 0 aliphatic rings. The van der Waals surface area contributed by atoms with E-state index in [9.17, 15) is 18.0 Å². The minimum Gasteiger partial charge on any atom is -0.354 e. The molecule has 0 aliphatic heterocycles. The van der Waals surface area contributed by atoms with Crippen LogP contribution < -0.4 is 10.7 Å². The fourth-order valence-corrected chi connectivity index (χ4v) is 3.18. The van der Waals surface area contributed by atoms with Crippen molar-refractivity contribution in [2.75, 3.05) is 5.32 Å². The molecule has 0 aliphatic carbocycles. The van der Waals surface area contributed by atoms with Crippen LogP contribution in [0.5, 0.6) is 0 Å². The largest absolute Gasteiger partial charge is 0.354 e. The van der Waals surface area contributed by atoms with E-state index in [4.69, 9.17) is 5.41 Å². The average molecular weight is 449 g/mol. The summed E-state index contributed by atoms with van der Waals surface area (Å²) in [6, 6.07) is 14.3. The molecule has 0 radical (unpaired) electrons. The van der Waals surface area contributed by atoms with Gasteiger partial charge in [0.15, 0.2) is 23.1 Å². The van der Waals surface area contributed by atoms with Crippen molar-refractivity contribution in [1.82, 2.24) is 14.3 Å². The summed E-state index contributed by atoms with van der Waals surface area (Å²) in [6.07, 6.45) is 4.59. The van der Waals surface area contributed by atoms with Gasteiger partial charge >= 0.3 is 0 Å². The summed E-state index contributed by atoms with van der Waals surface area (Å²) in [4.78, 5) is 12.6. The quantitative estimate of drug-likeness (QED) is 0.410. The van der Waals surface area contributed by atoms with Gasteiger partial charge in [-0.05, 0) is 37.3 Å². The number of nitrogens with zero attached hydrogens (tertiary/aromatic N) is 3. The predicted molar refractivity (Wildman–Crippen MR) is 120 cm³/mol. The predicted octanol–water partition coefficient (Wildman–Crippen LogP) is 4.93. The summed E-state index contributed by atoms with van der Waals surface area (Å²) >= 11 is 0. The highest BCUT2D eigenvalue weighted by Crippen LogP contribution is 2.20. The van der Waals surface area contributed by atoms with E-state index in [1.807, 2.05) is 18.2 Å². The lowest BCUT2D eigenvalue weighted by molar-refractivity contribution is 0.516. The molecule has 0 bridgehead atoms. The standard InChI is InChI=1S/C24H18F3N5O/c1-15(28)11-21(29-16-5-3-2-4-6-16)24-23(33)9-10-32(30-24)22-8-7-17(12-18(22)25)31-13-19(26)20(27)14-31/h2-14,28-29H,1H3/b21-11-,28-15?. The van der Waals surface area contributed by atoms with Crippen molar-refractivity contribution in [3.05, 3.63) is 113 Å². The minimum atomic E-state index is -1.04. The van der Waals surface area contributed by atoms with Crippen LogP contribution in [0.1, 0.15) is 12.6 Å². The van der Waals surface area contributed by atoms with Crippen molar-refractivity contribution in [3.8, 4) is 11.4 Å². The fraction of sp³-hybridized carbons (Fsp3) is 0.0417. The maximum absolute atomic E-state index is 14.9. The number of para-hydroxylation sites is 1. The first-order chi connectivity index (χ1) is 15.8. The third-order valence-corrected chi connectivity index (χ3v) is 4.69. The maximum Gasteiger partial charge on any atom is 0.209 e. The zero-order valence-electron chi connectivity index (χ0n) is 17.4. The van der Waals surface area contributed by atoms with Crippen LogP contribution in [0.3, 0.4) is 0 Å². The van der Waals surface area contributed by atoms with Gasteiger partial charge < -0.3 is 15.3 Å². The molecule has 6 nitrogen and oxygen atoms in total. The molecule has 2 heterocycles. The van der Waals surface area contributed by atoms with Gasteiger partial charge in [0.2, 0.25) is 5.43 Å². The fourth-order valence-electron chi connectivity index (χ4n) is 3.18. The molecule has 0 atom stereocenters. The Bertz CT molecular complexity index is 1400. The zero-order valence-corrected chi connectivity index (χ0v) is 17.4. The first-order valence-electron chi connectivity index (χ1n) is 9.84. The number of hydrogen-bond acceptors (Lipinski definition) is 4. The van der Waals surface area contributed by atoms with Gasteiger partial charge in [-0.25, -0.2) is 17.9 Å². The Kier molecular flexibility index (Phi) is 5.95. The Hall–Kier alpha value is -4.40. The molecule has 33 heavy (non-hydrogen) atoms. The van der Waals surface area contributed by atoms with E-state index in [-0.39, 0.29) is 28.5 Å². The first kappa shape index (κ1) is 21.8. The van der Waals surface area contributed by atoms with Gasteiger partial charge in [0.05, 0.1) is 5.70 Å². The van der Waals surface area contributed by atoms with E-state index in [2.05, 4.69) is 10.4 Å². The second-order valence-corrected chi connectivity index (χ2v) is 7.20. The third kappa shape index (κ3) is 4.77. The minimum absolute atomic E-state index is 0.00835. The Balaban J connectivity index is 1.74. The van der Waals surface area contributed by atoms with Gasteiger partial charge in [-0.15, -0.1) is 0 Å². The van der Waals surface area contributed by atoms with Crippen LogP contribution in [-0.4, -0.2) is 20.1 Å². The van der Waals surface area contributed by atoms with Gasteiger partial charge in [-0.3, -0.25) is 4.79 Å². The van der Waals surface area contributed by atoms with Crippen LogP contribution in [0.2, 0.25) is 0 Å². The average Bonchev–Trinajstić information content (AvgIpc) is 3.12. The molecular formula is C24H18F3N5O. The summed E-state index contributed by atoms with van der Waals surface area (Å²) < 4.78 is 43.9. The molecule has 2 aromatic heterocycles. The molecule has 0 amide bonds. The van der Waals surface area contributed by atoms with Crippen LogP contribution in [0.4, 0.5) is 18.9 Å². The molecular weight excluding hydrogens is 431 g/mol. The molecule has 9 heteroatoms. The van der Waals surface area contributed by atoms with E-state index in [1.165, 1.54) is 35.2 Å². The van der Waals surface area contributed by atoms with Crippen LogP contribution in [0, 0.1) is 22.9 Å². The van der Waals surface area contributed by atoms with Crippen LogP contribution in [0.25, 0.3) is 17.1 Å². The summed E-state index contributed by atoms with van der Waals surface area (Å²) in [5.41, 5.74) is 0.965. The highest BCUT2D eigenvalue weighted by Gasteiger charge is 2.14. The van der Waals surface area contributed by atoms with Crippen LogP contribution >= 0.6 is 0 Å². The lowest BCUT2D eigenvalue weighted by Gasteiger charge is -2.13. The molecule has 0 saturated heterocycles. The normalized spacial score (nSPS) is 11.5. The topological polar surface area (TPSA) is 75.7 Å². The summed E-state index contributed by atoms with van der Waals surface area (Å²) in [5.74, 6) is -2.80. The smallest absolute Gasteiger partial charge is 0.209 e. The number of nitrogens with one attached hydrogen (secondary N) is 2. The summed E-state index contributed by atoms with van der Waals surface area (Å²) in [7, 11) is 0. The molecule has 0 fully saturated rings. The van der Waals surface area contributed by atoms with Crippen molar-refractivity contribution in [1.29, 1.82) is 5.41 Å². The first-order valence-corrected chi connectivity index (χ1v) is 9.84. The molecule has 166 valence electrons. The molecule has 4 rings (SSSR count). The van der Waals surface area contributed by atoms with E-state index in [0.717, 1.165) is 23.0 Å². The van der Waals surface area contributed by atoms with Gasteiger partial charge in [0.1, 0.15) is 5.69 Å². The second kappa shape index (κ2) is 8.99. The highest BCUT2D eigenvalue weighted by molar-refractivity contribution is 5.98. The summed E-state index contributed by atoms with van der Waals surface area (Å²) in [6.45, 7) is 1.56. The van der Waals surface area contributed by atoms with E-state index >= 15 is 0 Å². The zero-order chi connectivity index (χ0) is 23.5. The third-order valence-electron chi connectivity index (χ3n) is 4.69. The number of anilines is 1. The Labute approximate surface area is 186 Å². The molecule has 0 unspecified atom stereocenters. The van der Waals surface area contributed by atoms with Gasteiger partial charge in [0, 0.05) is 47.8 Å². The molecule has 0 spiro atoms. The van der Waals surface area contributed by atoms with Crippen molar-refractivity contribution in [2.24, 2.45) is 0 Å². The number of benzene rings is 2. The molecule has 0 saturated carbocycles. The number of hydrogen-bond donors (Lipinski definition) is 2. The Morgan fingerprint density at radius 2 is 1.70 bits per heavy atom. The van der Waals surface area contributed by atoms with Crippen molar-refractivity contribution in [3.63, 3.8) is 0 Å². The number of halogens is 3. The highest BCUT2D eigenvalue weighted by atomic mass is 19.2. The summed E-state index contributed by atoms with van der Waals surface area (Å²) in [5, 5.41) is 15.2. The number of allylic oxidation sites excluding steroid dienone is 1. The van der Waals surface area contributed by atoms with Crippen LogP contribution in [-0.2, 0) is 0 Å². The Morgan fingerprint density at radius 1 is 1.00 bits per heavy atom. The monoisotopic (exact) mass is 449 g/mol. The molecule has 4 aromatic rings. The lowest BCUT2D eigenvalue weighted by atomic mass is 10.2. The van der Waals surface area contributed by atoms with Crippen molar-refractivity contribution < 1.29 is 13.2 Å². The number of rotatable bonds is 6. The number of aromatic nitrogens is 3. The SMILES string of the molecule is CC(=N)/C=C(\Nc1ccccc1)c1nn(-c2ccc(-n3cc(F)c(F)c3)cc2F)ccc1=O. The van der Waals surface area contributed by atoms with E-state index < -0.39 is 22.9 Å². The lowest BCUT2D eigenvalue weighted by Crippen LogP contribution is -2.19. The van der Waals surface area contributed by atoms with E-state index in [0.29, 0.717) is 5.69 Å².